The second kappa shape index (κ2) is 9.65. The maximum atomic E-state index is 13.9. The molecular formula is C29H19NO3S. The van der Waals surface area contributed by atoms with E-state index in [0.717, 1.165) is 10.2 Å². The fourth-order valence-corrected chi connectivity index (χ4v) is 4.58. The summed E-state index contributed by atoms with van der Waals surface area (Å²) in [5.41, 5.74) is 2.53. The minimum absolute atomic E-state index is 0.183. The van der Waals surface area contributed by atoms with Gasteiger partial charge in [-0.1, -0.05) is 91.0 Å². The fraction of sp³-hybridized carbons (Fsp3) is 0. The molecule has 5 rings (SSSR count). The van der Waals surface area contributed by atoms with Gasteiger partial charge in [0, 0.05) is 11.1 Å². The molecule has 0 unspecified atom stereocenters. The Morgan fingerprint density at radius 2 is 1.15 bits per heavy atom. The van der Waals surface area contributed by atoms with Crippen LogP contribution in [0.15, 0.2) is 115 Å². The van der Waals surface area contributed by atoms with Gasteiger partial charge < -0.3 is 4.74 Å². The zero-order valence-electron chi connectivity index (χ0n) is 18.0. The number of para-hydroxylation sites is 1. The minimum atomic E-state index is -0.543. The maximum Gasteiger partial charge on any atom is 0.343 e. The van der Waals surface area contributed by atoms with Crippen LogP contribution in [0.25, 0.3) is 21.5 Å². The molecule has 4 nitrogen and oxygen atoms in total. The van der Waals surface area contributed by atoms with Crippen molar-refractivity contribution in [3.63, 3.8) is 0 Å². The molecule has 0 aliphatic rings. The number of nitrogens with zero attached hydrogens (tertiary/aromatic N) is 1. The lowest BCUT2D eigenvalue weighted by Gasteiger charge is -2.14. The van der Waals surface area contributed by atoms with Crippen molar-refractivity contribution in [2.24, 2.45) is 0 Å². The van der Waals surface area contributed by atoms with Crippen LogP contribution in [0.2, 0.25) is 0 Å². The number of allylic oxidation sites excluding steroid dienone is 1. The normalized spacial score (nSPS) is 11.6. The molecule has 164 valence electrons. The number of benzene rings is 4. The largest absolute Gasteiger partial charge is 0.421 e. The first-order chi connectivity index (χ1) is 16.7. The lowest BCUT2D eigenvalue weighted by atomic mass is 9.99. The second-order valence-electron chi connectivity index (χ2n) is 7.51. The maximum absolute atomic E-state index is 13.9. The van der Waals surface area contributed by atoms with E-state index >= 15 is 0 Å². The van der Waals surface area contributed by atoms with E-state index in [1.165, 1.54) is 11.3 Å². The number of thiazole rings is 1. The van der Waals surface area contributed by atoms with Crippen LogP contribution in [0.5, 0.6) is 0 Å². The summed E-state index contributed by atoms with van der Waals surface area (Å²) < 4.78 is 6.91. The monoisotopic (exact) mass is 461 g/mol. The zero-order valence-corrected chi connectivity index (χ0v) is 18.9. The Hall–Kier alpha value is -4.35. The summed E-state index contributed by atoms with van der Waals surface area (Å²) in [6, 6.07) is 34.6. The van der Waals surface area contributed by atoms with Crippen molar-refractivity contribution in [2.75, 3.05) is 0 Å². The number of fused-ring (bicyclic) bond motifs is 1. The first-order valence-electron chi connectivity index (χ1n) is 10.7. The van der Waals surface area contributed by atoms with Crippen LogP contribution in [0, 0.1) is 0 Å². The van der Waals surface area contributed by atoms with Crippen LogP contribution >= 0.6 is 11.3 Å². The SMILES string of the molecule is O=C(O/C(=C(/C(=O)c1ccccc1)c1nc2ccccc2s1)c1ccccc1)c1ccccc1. The van der Waals surface area contributed by atoms with E-state index in [4.69, 9.17) is 9.72 Å². The molecule has 0 atom stereocenters. The van der Waals surface area contributed by atoms with Crippen LogP contribution in [-0.2, 0) is 4.74 Å². The van der Waals surface area contributed by atoms with Crippen molar-refractivity contribution in [1.29, 1.82) is 0 Å². The van der Waals surface area contributed by atoms with Crippen molar-refractivity contribution < 1.29 is 14.3 Å². The predicted octanol–water partition coefficient (Wildman–Crippen LogP) is 6.90. The molecule has 34 heavy (non-hydrogen) atoms. The van der Waals surface area contributed by atoms with Gasteiger partial charge in [0.15, 0.2) is 11.5 Å². The van der Waals surface area contributed by atoms with Gasteiger partial charge in [0.05, 0.1) is 15.8 Å². The first kappa shape index (κ1) is 21.5. The Balaban J connectivity index is 1.75. The molecule has 5 heteroatoms. The van der Waals surface area contributed by atoms with E-state index in [9.17, 15) is 9.59 Å². The molecule has 0 N–H and O–H groups in total. The van der Waals surface area contributed by atoms with Crippen molar-refractivity contribution >= 4 is 44.6 Å². The number of ether oxygens (including phenoxy) is 1. The molecule has 1 heterocycles. The van der Waals surface area contributed by atoms with E-state index in [-0.39, 0.29) is 17.1 Å². The first-order valence-corrected chi connectivity index (χ1v) is 11.5. The third-order valence-corrected chi connectivity index (χ3v) is 6.29. The highest BCUT2D eigenvalue weighted by atomic mass is 32.1. The Morgan fingerprint density at radius 3 is 1.76 bits per heavy atom. The Morgan fingerprint density at radius 1 is 0.618 bits per heavy atom. The summed E-state index contributed by atoms with van der Waals surface area (Å²) >= 11 is 1.39. The van der Waals surface area contributed by atoms with E-state index in [1.54, 1.807) is 48.5 Å². The van der Waals surface area contributed by atoms with E-state index in [1.807, 2.05) is 66.7 Å². The number of rotatable bonds is 6. The lowest BCUT2D eigenvalue weighted by Crippen LogP contribution is -2.11. The second-order valence-corrected chi connectivity index (χ2v) is 8.54. The van der Waals surface area contributed by atoms with Gasteiger partial charge in [-0.3, -0.25) is 4.79 Å². The molecule has 0 saturated heterocycles. The van der Waals surface area contributed by atoms with E-state index in [0.29, 0.717) is 21.7 Å². The molecule has 4 aromatic carbocycles. The van der Waals surface area contributed by atoms with Crippen LogP contribution in [0.1, 0.15) is 31.3 Å². The Labute approximate surface area is 200 Å². The van der Waals surface area contributed by atoms with Gasteiger partial charge in [-0.2, -0.15) is 0 Å². The standard InChI is InChI=1S/C29H19NO3S/c31-26(20-12-4-1-5-13-20)25(28-30-23-18-10-11-19-24(23)34-28)27(21-14-6-2-7-15-21)33-29(32)22-16-8-3-9-17-22/h1-19H/b27-25-. The lowest BCUT2D eigenvalue weighted by molar-refractivity contribution is 0.0693. The summed E-state index contributed by atoms with van der Waals surface area (Å²) in [5, 5.41) is 0.495. The number of carbonyl (C=O) groups excluding carboxylic acids is 2. The number of aromatic nitrogens is 1. The number of Topliss-reactive ketones (excluding diaryl/α,β-unsaturated/α-hetero) is 1. The predicted molar refractivity (Wildman–Crippen MR) is 136 cm³/mol. The molecule has 0 fully saturated rings. The highest BCUT2D eigenvalue weighted by molar-refractivity contribution is 7.20. The molecule has 1 aromatic heterocycles. The highest BCUT2D eigenvalue weighted by Gasteiger charge is 2.27. The van der Waals surface area contributed by atoms with Crippen LogP contribution in [0.4, 0.5) is 0 Å². The summed E-state index contributed by atoms with van der Waals surface area (Å²) in [7, 11) is 0. The Bertz CT molecular complexity index is 1460. The van der Waals surface area contributed by atoms with Gasteiger partial charge in [0.2, 0.25) is 0 Å². The van der Waals surface area contributed by atoms with Crippen molar-refractivity contribution in [1.82, 2.24) is 4.98 Å². The molecule has 0 bridgehead atoms. The molecule has 0 amide bonds. The number of hydrogen-bond acceptors (Lipinski definition) is 5. The third kappa shape index (κ3) is 4.42. The summed E-state index contributed by atoms with van der Waals surface area (Å²) in [6.45, 7) is 0. The third-order valence-electron chi connectivity index (χ3n) is 5.24. The molecule has 0 aliphatic carbocycles. The summed E-state index contributed by atoms with van der Waals surface area (Å²) in [4.78, 5) is 31.7. The van der Waals surface area contributed by atoms with Crippen LogP contribution in [0.3, 0.4) is 0 Å². The quantitative estimate of drug-likeness (QED) is 0.119. The van der Waals surface area contributed by atoms with Crippen molar-refractivity contribution in [2.45, 2.75) is 0 Å². The summed E-state index contributed by atoms with van der Waals surface area (Å²) in [5.74, 6) is -0.624. The molecule has 5 aromatic rings. The van der Waals surface area contributed by atoms with Gasteiger partial charge in [-0.25, -0.2) is 9.78 Å². The van der Waals surface area contributed by atoms with Gasteiger partial charge in [0.25, 0.3) is 0 Å². The number of hydrogen-bond donors (Lipinski definition) is 0. The summed E-state index contributed by atoms with van der Waals surface area (Å²) in [6.07, 6.45) is 0. The zero-order chi connectivity index (χ0) is 23.3. The molecular weight excluding hydrogens is 442 g/mol. The van der Waals surface area contributed by atoms with Gasteiger partial charge in [-0.05, 0) is 24.3 Å². The van der Waals surface area contributed by atoms with Crippen LogP contribution < -0.4 is 0 Å². The molecule has 0 radical (unpaired) electrons. The van der Waals surface area contributed by atoms with Crippen molar-refractivity contribution in [3.05, 3.63) is 137 Å². The van der Waals surface area contributed by atoms with Gasteiger partial charge in [0.1, 0.15) is 10.6 Å². The average Bonchev–Trinajstić information content (AvgIpc) is 3.33. The average molecular weight is 462 g/mol. The smallest absolute Gasteiger partial charge is 0.343 e. The van der Waals surface area contributed by atoms with Gasteiger partial charge >= 0.3 is 5.97 Å². The number of carbonyl (C=O) groups is 2. The van der Waals surface area contributed by atoms with Crippen molar-refractivity contribution in [3.8, 4) is 0 Å². The highest BCUT2D eigenvalue weighted by Crippen LogP contribution is 2.35. The minimum Gasteiger partial charge on any atom is -0.421 e. The molecule has 0 aliphatic heterocycles. The fourth-order valence-electron chi connectivity index (χ4n) is 3.58. The number of esters is 1. The topological polar surface area (TPSA) is 56.3 Å². The van der Waals surface area contributed by atoms with Crippen LogP contribution in [-0.4, -0.2) is 16.7 Å². The van der Waals surface area contributed by atoms with E-state index in [2.05, 4.69) is 0 Å². The number of ketones is 1. The molecule has 0 spiro atoms. The van der Waals surface area contributed by atoms with Gasteiger partial charge in [-0.15, -0.1) is 11.3 Å². The van der Waals surface area contributed by atoms with E-state index < -0.39 is 5.97 Å². The molecule has 0 saturated carbocycles. The Kier molecular flexibility index (Phi) is 6.10.